The molecule has 1 N–H and O–H groups in total. The van der Waals surface area contributed by atoms with E-state index in [-0.39, 0.29) is 33.7 Å². The van der Waals surface area contributed by atoms with Crippen LogP contribution in [-0.2, 0) is 27.2 Å². The summed E-state index contributed by atoms with van der Waals surface area (Å²) in [6.07, 6.45) is 0. The number of rotatable bonds is 2. The van der Waals surface area contributed by atoms with Gasteiger partial charge in [0.15, 0.2) is 0 Å². The van der Waals surface area contributed by atoms with Crippen molar-refractivity contribution in [1.29, 1.82) is 0 Å². The van der Waals surface area contributed by atoms with E-state index in [9.17, 15) is 9.59 Å². The van der Waals surface area contributed by atoms with Crippen LogP contribution in [0.2, 0.25) is 0 Å². The molecule has 1 rings (SSSR count). The summed E-state index contributed by atoms with van der Waals surface area (Å²) in [6, 6.07) is 5.98. The molecule has 1 aromatic carbocycles. The number of carboxylic acids is 1. The molecule has 0 saturated heterocycles. The van der Waals surface area contributed by atoms with Crippen molar-refractivity contribution in [3.63, 3.8) is 0 Å². The minimum absolute atomic E-state index is 0. The molecule has 0 saturated carbocycles. The third-order valence-electron chi connectivity index (χ3n) is 1.37. The van der Waals surface area contributed by atoms with Gasteiger partial charge < -0.3 is 9.84 Å². The number of carbonyl (C=O) groups is 2. The van der Waals surface area contributed by atoms with Crippen molar-refractivity contribution in [3.8, 4) is 5.75 Å². The van der Waals surface area contributed by atoms with Gasteiger partial charge in [-0.25, -0.2) is 4.79 Å². The van der Waals surface area contributed by atoms with Crippen LogP contribution in [0.3, 0.4) is 0 Å². The van der Waals surface area contributed by atoms with Crippen molar-refractivity contribution in [3.05, 3.63) is 29.8 Å². The summed E-state index contributed by atoms with van der Waals surface area (Å²) in [5.41, 5.74) is -0.0160. The second-order valence-electron chi connectivity index (χ2n) is 2.39. The fraction of sp³-hybridized carbons (Fsp3) is 0.111. The van der Waals surface area contributed by atoms with E-state index < -0.39 is 11.9 Å². The van der Waals surface area contributed by atoms with E-state index in [4.69, 9.17) is 5.11 Å². The van der Waals surface area contributed by atoms with E-state index in [0.29, 0.717) is 0 Å². The van der Waals surface area contributed by atoms with Crippen LogP contribution in [0.5, 0.6) is 5.75 Å². The number of hydrogen-bond acceptors (Lipinski definition) is 3. The van der Waals surface area contributed by atoms with Crippen LogP contribution < -0.4 is 4.74 Å². The summed E-state index contributed by atoms with van der Waals surface area (Å²) >= 11 is 0. The fourth-order valence-corrected chi connectivity index (χ4v) is 0.887. The summed E-state index contributed by atoms with van der Waals surface area (Å²) in [5.74, 6) is -1.58. The van der Waals surface area contributed by atoms with E-state index in [1.165, 1.54) is 19.1 Å². The molecule has 4 nitrogen and oxygen atoms in total. The van der Waals surface area contributed by atoms with Crippen LogP contribution in [0.15, 0.2) is 24.3 Å². The van der Waals surface area contributed by atoms with E-state index in [0.717, 1.165) is 0 Å². The Hall–Kier alpha value is -1.10. The molecule has 0 aliphatic rings. The normalized spacial score (nSPS) is 8.64. The van der Waals surface area contributed by atoms with E-state index in [2.05, 4.69) is 4.74 Å². The Morgan fingerprint density at radius 3 is 2.36 bits per heavy atom. The Bertz CT molecular complexity index is 348. The zero-order valence-electron chi connectivity index (χ0n) is 7.28. The Labute approximate surface area is 96.4 Å². The zero-order valence-corrected chi connectivity index (χ0v) is 9.45. The van der Waals surface area contributed by atoms with Crippen LogP contribution in [0, 0.1) is 0 Å². The van der Waals surface area contributed by atoms with Crippen LogP contribution in [0.25, 0.3) is 0 Å². The maximum absolute atomic E-state index is 10.6. The topological polar surface area (TPSA) is 63.6 Å². The predicted octanol–water partition coefficient (Wildman–Crippen LogP) is 1.31. The van der Waals surface area contributed by atoms with E-state index in [1.807, 2.05) is 0 Å². The van der Waals surface area contributed by atoms with Gasteiger partial charge in [0, 0.05) is 29.3 Å². The quantitative estimate of drug-likeness (QED) is 0.480. The fourth-order valence-electron chi connectivity index (χ4n) is 0.887. The molecule has 1 aromatic rings. The molecule has 0 bridgehead atoms. The summed E-state index contributed by atoms with van der Waals surface area (Å²) in [5, 5.41) is 8.69. The average Bonchev–Trinajstić information content (AvgIpc) is 2.03. The number of carboxylic acid groups (broad SMARTS) is 1. The van der Waals surface area contributed by atoms with Crippen LogP contribution in [-0.4, -0.2) is 17.0 Å². The zero-order chi connectivity index (χ0) is 9.84. The van der Waals surface area contributed by atoms with Crippen molar-refractivity contribution in [1.82, 2.24) is 0 Å². The van der Waals surface area contributed by atoms with Crippen molar-refractivity contribution in [2.75, 3.05) is 0 Å². The molecule has 0 fully saturated rings. The SMILES string of the molecule is CC(=O)Oc1ccccc1C(=O)O.[Au]. The number of hydrogen-bond donors (Lipinski definition) is 1. The van der Waals surface area contributed by atoms with Gasteiger partial charge >= 0.3 is 11.9 Å². The van der Waals surface area contributed by atoms with Gasteiger partial charge in [-0.2, -0.15) is 0 Å². The summed E-state index contributed by atoms with van der Waals surface area (Å²) in [7, 11) is 0. The molecule has 1 radical (unpaired) electrons. The van der Waals surface area contributed by atoms with Crippen molar-refractivity contribution in [2.24, 2.45) is 0 Å². The van der Waals surface area contributed by atoms with E-state index in [1.54, 1.807) is 12.1 Å². The van der Waals surface area contributed by atoms with Gasteiger partial charge in [-0.05, 0) is 12.1 Å². The Kier molecular flexibility index (Phi) is 5.15. The smallest absolute Gasteiger partial charge is 0.339 e. The van der Waals surface area contributed by atoms with Gasteiger partial charge in [-0.1, -0.05) is 12.1 Å². The molecule has 14 heavy (non-hydrogen) atoms. The largest absolute Gasteiger partial charge is 0.478 e. The van der Waals surface area contributed by atoms with Crippen molar-refractivity contribution >= 4 is 11.9 Å². The van der Waals surface area contributed by atoms with Crippen LogP contribution in [0.1, 0.15) is 17.3 Å². The van der Waals surface area contributed by atoms with Gasteiger partial charge in [0.2, 0.25) is 0 Å². The number of esters is 1. The molecule has 79 valence electrons. The van der Waals surface area contributed by atoms with E-state index >= 15 is 0 Å². The van der Waals surface area contributed by atoms with Gasteiger partial charge in [-0.3, -0.25) is 4.79 Å². The first-order chi connectivity index (χ1) is 6.11. The molecule has 0 amide bonds. The number of aromatic carboxylic acids is 1. The van der Waals surface area contributed by atoms with Crippen LogP contribution >= 0.6 is 0 Å². The number of carbonyl (C=O) groups excluding carboxylic acids is 1. The van der Waals surface area contributed by atoms with Crippen molar-refractivity contribution < 1.29 is 41.8 Å². The first-order valence-corrected chi connectivity index (χ1v) is 3.62. The van der Waals surface area contributed by atoms with Gasteiger partial charge in [0.05, 0.1) is 0 Å². The molecular formula is C9H8AuO4. The summed E-state index contributed by atoms with van der Waals surface area (Å²) < 4.78 is 4.69. The molecule has 5 heteroatoms. The summed E-state index contributed by atoms with van der Waals surface area (Å²) in [4.78, 5) is 21.2. The molecule has 0 aromatic heterocycles. The third-order valence-corrected chi connectivity index (χ3v) is 1.37. The number of para-hydroxylation sites is 1. The molecule has 0 spiro atoms. The van der Waals surface area contributed by atoms with Crippen LogP contribution in [0.4, 0.5) is 0 Å². The van der Waals surface area contributed by atoms with Gasteiger partial charge in [0.25, 0.3) is 0 Å². The number of benzene rings is 1. The molecule has 0 atom stereocenters. The predicted molar refractivity (Wildman–Crippen MR) is 44.7 cm³/mol. The molecule has 0 heterocycles. The summed E-state index contributed by atoms with van der Waals surface area (Å²) in [6.45, 7) is 1.22. The Morgan fingerprint density at radius 1 is 1.29 bits per heavy atom. The molecule has 0 unspecified atom stereocenters. The minimum atomic E-state index is -1.11. The molecule has 0 aliphatic heterocycles. The Balaban J connectivity index is 0.00000169. The molecular weight excluding hydrogens is 369 g/mol. The average molecular weight is 377 g/mol. The first-order valence-electron chi connectivity index (χ1n) is 3.62. The monoisotopic (exact) mass is 377 g/mol. The maximum Gasteiger partial charge on any atom is 0.339 e. The number of ether oxygens (including phenoxy) is 1. The minimum Gasteiger partial charge on any atom is -0.478 e. The second kappa shape index (κ2) is 5.59. The third kappa shape index (κ3) is 3.33. The maximum atomic E-state index is 10.6. The Morgan fingerprint density at radius 2 is 1.86 bits per heavy atom. The first kappa shape index (κ1) is 12.9. The standard InChI is InChI=1S/C9H8O4.Au/c1-6(10)13-8-5-3-2-4-7(8)9(11)12;/h2-5H,1H3,(H,11,12);. The second-order valence-corrected chi connectivity index (χ2v) is 2.39. The molecule has 0 aliphatic carbocycles. The van der Waals surface area contributed by atoms with Crippen molar-refractivity contribution in [2.45, 2.75) is 6.92 Å². The van der Waals surface area contributed by atoms with Gasteiger partial charge in [-0.15, -0.1) is 0 Å². The van der Waals surface area contributed by atoms with Gasteiger partial charge in [0.1, 0.15) is 11.3 Å².